The number of hydrogen-bond donors (Lipinski definition) is 2. The first-order chi connectivity index (χ1) is 12.4. The minimum Gasteiger partial charge on any atom is -0.466 e. The summed E-state index contributed by atoms with van der Waals surface area (Å²) < 4.78 is 5.34. The summed E-state index contributed by atoms with van der Waals surface area (Å²) in [5.74, 6) is -0.218. The number of aliphatic hydroxyl groups is 1. The van der Waals surface area contributed by atoms with E-state index in [0.29, 0.717) is 16.2 Å². The summed E-state index contributed by atoms with van der Waals surface area (Å²) in [5, 5.41) is 26.6. The van der Waals surface area contributed by atoms with E-state index in [1.165, 1.54) is 35.8 Å². The Bertz CT molecular complexity index is 885. The molecule has 1 atom stereocenters. The maximum Gasteiger partial charge on any atom is 0.273 e. The van der Waals surface area contributed by atoms with E-state index >= 15 is 0 Å². The van der Waals surface area contributed by atoms with Gasteiger partial charge in [0.15, 0.2) is 5.60 Å². The van der Waals surface area contributed by atoms with Crippen LogP contribution in [0.1, 0.15) is 26.6 Å². The molecule has 0 saturated carbocycles. The molecule has 1 unspecified atom stereocenters. The molecule has 3 rings (SSSR count). The Hall–Kier alpha value is -2.97. The van der Waals surface area contributed by atoms with Crippen molar-refractivity contribution in [2.45, 2.75) is 12.5 Å². The molecule has 0 aliphatic heterocycles. The highest BCUT2D eigenvalue weighted by Crippen LogP contribution is 2.32. The van der Waals surface area contributed by atoms with Crippen LogP contribution in [0, 0.1) is 17.0 Å². The van der Waals surface area contributed by atoms with Crippen LogP contribution in [0.2, 0.25) is 0 Å². The van der Waals surface area contributed by atoms with Gasteiger partial charge in [0.2, 0.25) is 0 Å². The van der Waals surface area contributed by atoms with Crippen molar-refractivity contribution in [1.82, 2.24) is 5.32 Å². The van der Waals surface area contributed by atoms with E-state index in [2.05, 4.69) is 5.32 Å². The molecular formula is C18H16N2O5S. The molecular weight excluding hydrogens is 356 g/mol. The molecule has 0 spiro atoms. The second kappa shape index (κ2) is 7.11. The number of furan rings is 1. The predicted molar refractivity (Wildman–Crippen MR) is 96.2 cm³/mol. The van der Waals surface area contributed by atoms with Gasteiger partial charge in [0.1, 0.15) is 5.76 Å². The first-order valence-corrected chi connectivity index (χ1v) is 8.63. The van der Waals surface area contributed by atoms with Gasteiger partial charge >= 0.3 is 0 Å². The molecule has 0 aliphatic carbocycles. The van der Waals surface area contributed by atoms with Gasteiger partial charge in [-0.2, -0.15) is 0 Å². The maximum atomic E-state index is 12.4. The molecule has 0 saturated heterocycles. The summed E-state index contributed by atoms with van der Waals surface area (Å²) in [7, 11) is 0. The molecule has 2 heterocycles. The summed E-state index contributed by atoms with van der Waals surface area (Å²) in [6, 6.07) is 11.1. The van der Waals surface area contributed by atoms with Crippen LogP contribution in [0.15, 0.2) is 58.5 Å². The van der Waals surface area contributed by atoms with Crippen LogP contribution in [-0.4, -0.2) is 22.5 Å². The van der Waals surface area contributed by atoms with Crippen LogP contribution in [0.5, 0.6) is 0 Å². The minimum absolute atomic E-state index is 0.128. The molecule has 2 aromatic heterocycles. The molecule has 0 radical (unpaired) electrons. The zero-order valence-electron chi connectivity index (χ0n) is 13.8. The molecule has 1 amide bonds. The normalized spacial score (nSPS) is 13.2. The molecule has 26 heavy (non-hydrogen) atoms. The Morgan fingerprint density at radius 3 is 2.77 bits per heavy atom. The van der Waals surface area contributed by atoms with E-state index < -0.39 is 16.4 Å². The van der Waals surface area contributed by atoms with E-state index in [1.54, 1.807) is 31.2 Å². The molecule has 7 nitrogen and oxygen atoms in total. The van der Waals surface area contributed by atoms with Crippen molar-refractivity contribution >= 4 is 22.9 Å². The number of benzene rings is 1. The summed E-state index contributed by atoms with van der Waals surface area (Å²) in [6.45, 7) is 1.47. The van der Waals surface area contributed by atoms with E-state index in [0.717, 1.165) is 0 Å². The Kier molecular flexibility index (Phi) is 4.88. The Morgan fingerprint density at radius 2 is 2.15 bits per heavy atom. The minimum atomic E-state index is -1.52. The maximum absolute atomic E-state index is 12.4. The number of carbonyl (C=O) groups is 1. The number of rotatable bonds is 6. The molecule has 0 aliphatic rings. The van der Waals surface area contributed by atoms with Gasteiger partial charge in [0.25, 0.3) is 11.6 Å². The van der Waals surface area contributed by atoms with Gasteiger partial charge < -0.3 is 14.8 Å². The molecule has 0 fully saturated rings. The third-order valence-electron chi connectivity index (χ3n) is 4.03. The zero-order chi connectivity index (χ0) is 18.7. The number of nitrogens with zero attached hydrogens (tertiary/aromatic N) is 1. The highest BCUT2D eigenvalue weighted by molar-refractivity contribution is 7.10. The van der Waals surface area contributed by atoms with Crippen molar-refractivity contribution in [3.8, 4) is 0 Å². The van der Waals surface area contributed by atoms with Crippen molar-refractivity contribution < 1.29 is 19.2 Å². The van der Waals surface area contributed by atoms with E-state index in [9.17, 15) is 20.0 Å². The van der Waals surface area contributed by atoms with Gasteiger partial charge in [-0.15, -0.1) is 11.3 Å². The average Bonchev–Trinajstić information content (AvgIpc) is 3.33. The number of hydrogen-bond acceptors (Lipinski definition) is 6. The summed E-state index contributed by atoms with van der Waals surface area (Å²) >= 11 is 1.33. The quantitative estimate of drug-likeness (QED) is 0.510. The van der Waals surface area contributed by atoms with Crippen LogP contribution in [0.25, 0.3) is 0 Å². The Morgan fingerprint density at radius 1 is 1.35 bits per heavy atom. The molecule has 2 N–H and O–H groups in total. The number of thiophene rings is 1. The van der Waals surface area contributed by atoms with Crippen LogP contribution < -0.4 is 5.32 Å². The smallest absolute Gasteiger partial charge is 0.273 e. The fourth-order valence-corrected chi connectivity index (χ4v) is 3.41. The largest absolute Gasteiger partial charge is 0.466 e. The van der Waals surface area contributed by atoms with E-state index in [1.807, 2.05) is 5.38 Å². The number of nitro groups is 1. The van der Waals surface area contributed by atoms with Gasteiger partial charge in [-0.05, 0) is 36.6 Å². The van der Waals surface area contributed by atoms with Gasteiger partial charge in [-0.25, -0.2) is 0 Å². The monoisotopic (exact) mass is 372 g/mol. The lowest BCUT2D eigenvalue weighted by Crippen LogP contribution is -2.41. The molecule has 1 aromatic carbocycles. The fourth-order valence-electron chi connectivity index (χ4n) is 2.58. The number of aryl methyl sites for hydroxylation is 1. The lowest BCUT2D eigenvalue weighted by atomic mass is 9.98. The van der Waals surface area contributed by atoms with Crippen LogP contribution in [0.4, 0.5) is 5.69 Å². The van der Waals surface area contributed by atoms with Crippen molar-refractivity contribution in [2.75, 3.05) is 6.54 Å². The van der Waals surface area contributed by atoms with Crippen molar-refractivity contribution in [1.29, 1.82) is 0 Å². The molecule has 3 aromatic rings. The number of nitro benzene ring substituents is 1. The topological polar surface area (TPSA) is 106 Å². The third kappa shape index (κ3) is 3.37. The number of carbonyl (C=O) groups excluding carboxylic acids is 1. The standard InChI is InChI=1S/C18H16N2O5S/c1-12-6-7-13(10-14(12)20(23)24)17(21)19-11-18(22,15-4-2-8-25-15)16-5-3-9-26-16/h2-10,22H,11H2,1H3,(H,19,21). The first-order valence-electron chi connectivity index (χ1n) is 7.75. The summed E-state index contributed by atoms with van der Waals surface area (Å²) in [5.41, 5.74) is -1.03. The Balaban J connectivity index is 1.83. The highest BCUT2D eigenvalue weighted by atomic mass is 32.1. The predicted octanol–water partition coefficient (Wildman–Crippen LogP) is 3.22. The number of amides is 1. The van der Waals surface area contributed by atoms with Gasteiger partial charge in [-0.1, -0.05) is 12.1 Å². The van der Waals surface area contributed by atoms with E-state index in [4.69, 9.17) is 4.42 Å². The molecule has 8 heteroatoms. The molecule has 0 bridgehead atoms. The van der Waals surface area contributed by atoms with Gasteiger partial charge in [0.05, 0.1) is 17.7 Å². The second-order valence-electron chi connectivity index (χ2n) is 5.76. The average molecular weight is 372 g/mol. The summed E-state index contributed by atoms with van der Waals surface area (Å²) in [4.78, 5) is 23.6. The van der Waals surface area contributed by atoms with Crippen LogP contribution >= 0.6 is 11.3 Å². The highest BCUT2D eigenvalue weighted by Gasteiger charge is 2.36. The molecule has 134 valence electrons. The van der Waals surface area contributed by atoms with Crippen LogP contribution in [0.3, 0.4) is 0 Å². The van der Waals surface area contributed by atoms with E-state index in [-0.39, 0.29) is 17.8 Å². The Labute approximate surface area is 153 Å². The zero-order valence-corrected chi connectivity index (χ0v) is 14.7. The SMILES string of the molecule is Cc1ccc(C(=O)NCC(O)(c2ccco2)c2cccs2)cc1[N+](=O)[O-]. The van der Waals surface area contributed by atoms with Crippen molar-refractivity contribution in [2.24, 2.45) is 0 Å². The number of nitrogens with one attached hydrogen (secondary N) is 1. The lowest BCUT2D eigenvalue weighted by Gasteiger charge is -2.25. The second-order valence-corrected chi connectivity index (χ2v) is 6.70. The van der Waals surface area contributed by atoms with Crippen LogP contribution in [-0.2, 0) is 5.60 Å². The summed E-state index contributed by atoms with van der Waals surface area (Å²) in [6.07, 6.45) is 1.44. The lowest BCUT2D eigenvalue weighted by molar-refractivity contribution is -0.385. The van der Waals surface area contributed by atoms with Crippen molar-refractivity contribution in [3.63, 3.8) is 0 Å². The first kappa shape index (κ1) is 17.8. The fraction of sp³-hybridized carbons (Fsp3) is 0.167. The third-order valence-corrected chi connectivity index (χ3v) is 5.05. The van der Waals surface area contributed by atoms with Gasteiger partial charge in [0, 0.05) is 22.1 Å². The van der Waals surface area contributed by atoms with Gasteiger partial charge in [-0.3, -0.25) is 14.9 Å². The van der Waals surface area contributed by atoms with Crippen molar-refractivity contribution in [3.05, 3.63) is 86.0 Å².